The Labute approximate surface area is 121 Å². The second-order valence-electron chi connectivity index (χ2n) is 5.02. The smallest absolute Gasteiger partial charge is 0.119 e. The van der Waals surface area contributed by atoms with Crippen molar-refractivity contribution in [3.63, 3.8) is 0 Å². The average molecular weight is 279 g/mol. The number of likely N-dealkylation sites (N-methyl/N-ethyl adjacent to an activating group) is 1. The van der Waals surface area contributed by atoms with Gasteiger partial charge in [0.15, 0.2) is 0 Å². The Kier molecular flexibility index (Phi) is 6.84. The molecule has 1 N–H and O–H groups in total. The molecule has 0 saturated carbocycles. The standard InChI is InChI=1S/C16H25NO3/c1-2-17-16(14-8-9-18-12-14)13-19-10-11-20-15-6-4-3-5-7-15/h3-7,14,16-17H,2,8-13H2,1H3. The molecule has 1 aliphatic rings. The van der Waals surface area contributed by atoms with E-state index in [1.54, 1.807) is 0 Å². The third-order valence-electron chi connectivity index (χ3n) is 3.54. The maximum atomic E-state index is 5.74. The van der Waals surface area contributed by atoms with Crippen molar-refractivity contribution >= 4 is 0 Å². The number of hydrogen-bond donors (Lipinski definition) is 1. The molecule has 0 aliphatic carbocycles. The molecule has 112 valence electrons. The normalized spacial score (nSPS) is 19.9. The van der Waals surface area contributed by atoms with Crippen LogP contribution in [0.2, 0.25) is 0 Å². The fraction of sp³-hybridized carbons (Fsp3) is 0.625. The van der Waals surface area contributed by atoms with Gasteiger partial charge in [0, 0.05) is 18.6 Å². The molecule has 1 heterocycles. The van der Waals surface area contributed by atoms with Crippen molar-refractivity contribution in [3.05, 3.63) is 30.3 Å². The van der Waals surface area contributed by atoms with Crippen LogP contribution in [-0.4, -0.2) is 45.6 Å². The maximum Gasteiger partial charge on any atom is 0.119 e. The summed E-state index contributed by atoms with van der Waals surface area (Å²) in [6.07, 6.45) is 1.13. The zero-order valence-corrected chi connectivity index (χ0v) is 12.2. The van der Waals surface area contributed by atoms with Gasteiger partial charge >= 0.3 is 0 Å². The Morgan fingerprint density at radius 3 is 2.85 bits per heavy atom. The molecule has 4 nitrogen and oxygen atoms in total. The van der Waals surface area contributed by atoms with Crippen LogP contribution >= 0.6 is 0 Å². The maximum absolute atomic E-state index is 5.74. The molecule has 1 aliphatic heterocycles. The van der Waals surface area contributed by atoms with Gasteiger partial charge in [-0.25, -0.2) is 0 Å². The van der Waals surface area contributed by atoms with Crippen molar-refractivity contribution in [1.29, 1.82) is 0 Å². The summed E-state index contributed by atoms with van der Waals surface area (Å²) in [4.78, 5) is 0. The predicted molar refractivity (Wildman–Crippen MR) is 79.1 cm³/mol. The van der Waals surface area contributed by atoms with Crippen LogP contribution in [0, 0.1) is 5.92 Å². The Morgan fingerprint density at radius 1 is 1.30 bits per heavy atom. The van der Waals surface area contributed by atoms with Crippen LogP contribution in [0.3, 0.4) is 0 Å². The summed E-state index contributed by atoms with van der Waals surface area (Å²) in [6, 6.07) is 10.2. The van der Waals surface area contributed by atoms with Crippen molar-refractivity contribution in [2.24, 2.45) is 5.92 Å². The van der Waals surface area contributed by atoms with E-state index in [2.05, 4.69) is 12.2 Å². The van der Waals surface area contributed by atoms with Crippen LogP contribution < -0.4 is 10.1 Å². The van der Waals surface area contributed by atoms with Crippen molar-refractivity contribution < 1.29 is 14.2 Å². The van der Waals surface area contributed by atoms with Crippen LogP contribution in [0.15, 0.2) is 30.3 Å². The summed E-state index contributed by atoms with van der Waals surface area (Å²) in [7, 11) is 0. The molecule has 4 heteroatoms. The van der Waals surface area contributed by atoms with Crippen molar-refractivity contribution in [2.45, 2.75) is 19.4 Å². The van der Waals surface area contributed by atoms with E-state index < -0.39 is 0 Å². The molecule has 2 rings (SSSR count). The van der Waals surface area contributed by atoms with E-state index in [4.69, 9.17) is 14.2 Å². The molecular weight excluding hydrogens is 254 g/mol. The quantitative estimate of drug-likeness (QED) is 0.703. The summed E-state index contributed by atoms with van der Waals surface area (Å²) in [6.45, 7) is 6.74. The molecule has 0 amide bonds. The molecule has 0 spiro atoms. The van der Waals surface area contributed by atoms with E-state index in [1.165, 1.54) is 0 Å². The number of rotatable bonds is 9. The lowest BCUT2D eigenvalue weighted by molar-refractivity contribution is 0.0672. The van der Waals surface area contributed by atoms with Crippen LogP contribution in [0.5, 0.6) is 5.75 Å². The first-order valence-electron chi connectivity index (χ1n) is 7.47. The summed E-state index contributed by atoms with van der Waals surface area (Å²) < 4.78 is 16.8. The molecule has 0 aromatic heterocycles. The fourth-order valence-corrected chi connectivity index (χ4v) is 2.44. The lowest BCUT2D eigenvalue weighted by Crippen LogP contribution is -2.40. The van der Waals surface area contributed by atoms with Crippen LogP contribution in [0.25, 0.3) is 0 Å². The van der Waals surface area contributed by atoms with Gasteiger partial charge in [-0.2, -0.15) is 0 Å². The van der Waals surface area contributed by atoms with E-state index in [9.17, 15) is 0 Å². The third kappa shape index (κ3) is 5.12. The van der Waals surface area contributed by atoms with Crippen molar-refractivity contribution in [1.82, 2.24) is 5.32 Å². The van der Waals surface area contributed by atoms with Crippen LogP contribution in [0.4, 0.5) is 0 Å². The number of para-hydroxylation sites is 1. The van der Waals surface area contributed by atoms with Gasteiger partial charge in [-0.1, -0.05) is 25.1 Å². The van der Waals surface area contributed by atoms with E-state index in [0.29, 0.717) is 25.2 Å². The minimum atomic E-state index is 0.388. The Balaban J connectivity index is 1.60. The lowest BCUT2D eigenvalue weighted by atomic mass is 10.00. The average Bonchev–Trinajstić information content (AvgIpc) is 3.01. The number of hydrogen-bond acceptors (Lipinski definition) is 4. The summed E-state index contributed by atoms with van der Waals surface area (Å²) >= 11 is 0. The molecule has 0 bridgehead atoms. The SMILES string of the molecule is CCNC(COCCOc1ccccc1)C1CCOC1. The Bertz CT molecular complexity index is 352. The number of nitrogens with one attached hydrogen (secondary N) is 1. The number of benzene rings is 1. The van der Waals surface area contributed by atoms with E-state index in [1.807, 2.05) is 30.3 Å². The monoisotopic (exact) mass is 279 g/mol. The minimum Gasteiger partial charge on any atom is -0.491 e. The zero-order valence-electron chi connectivity index (χ0n) is 12.2. The Morgan fingerprint density at radius 2 is 2.15 bits per heavy atom. The highest BCUT2D eigenvalue weighted by Gasteiger charge is 2.25. The molecule has 1 aromatic carbocycles. The topological polar surface area (TPSA) is 39.7 Å². The largest absolute Gasteiger partial charge is 0.491 e. The van der Waals surface area contributed by atoms with E-state index in [0.717, 1.165) is 38.5 Å². The van der Waals surface area contributed by atoms with Crippen molar-refractivity contribution in [2.75, 3.05) is 39.6 Å². The predicted octanol–water partition coefficient (Wildman–Crippen LogP) is 2.10. The highest BCUT2D eigenvalue weighted by atomic mass is 16.5. The number of ether oxygens (including phenoxy) is 3. The summed E-state index contributed by atoms with van der Waals surface area (Å²) in [5.41, 5.74) is 0. The second-order valence-corrected chi connectivity index (χ2v) is 5.02. The van der Waals surface area contributed by atoms with Crippen LogP contribution in [-0.2, 0) is 9.47 Å². The molecule has 0 radical (unpaired) electrons. The van der Waals surface area contributed by atoms with Gasteiger partial charge in [0.25, 0.3) is 0 Å². The first-order chi connectivity index (χ1) is 9.90. The third-order valence-corrected chi connectivity index (χ3v) is 3.54. The van der Waals surface area contributed by atoms with Gasteiger partial charge in [0.05, 0.1) is 19.8 Å². The molecule has 2 atom stereocenters. The first-order valence-corrected chi connectivity index (χ1v) is 7.47. The van der Waals surface area contributed by atoms with Gasteiger partial charge in [0.2, 0.25) is 0 Å². The van der Waals surface area contributed by atoms with Gasteiger partial charge < -0.3 is 19.5 Å². The van der Waals surface area contributed by atoms with Gasteiger partial charge in [0.1, 0.15) is 12.4 Å². The van der Waals surface area contributed by atoms with Crippen LogP contribution in [0.1, 0.15) is 13.3 Å². The van der Waals surface area contributed by atoms with E-state index in [-0.39, 0.29) is 0 Å². The molecule has 2 unspecified atom stereocenters. The molecular formula is C16H25NO3. The summed E-state index contributed by atoms with van der Waals surface area (Å²) in [5, 5.41) is 3.49. The highest BCUT2D eigenvalue weighted by molar-refractivity contribution is 5.20. The van der Waals surface area contributed by atoms with Gasteiger partial charge in [-0.05, 0) is 25.1 Å². The summed E-state index contributed by atoms with van der Waals surface area (Å²) in [5.74, 6) is 1.47. The minimum absolute atomic E-state index is 0.388. The van der Waals surface area contributed by atoms with Gasteiger partial charge in [-0.15, -0.1) is 0 Å². The first kappa shape index (κ1) is 15.3. The molecule has 20 heavy (non-hydrogen) atoms. The Hall–Kier alpha value is -1.10. The van der Waals surface area contributed by atoms with Gasteiger partial charge in [-0.3, -0.25) is 0 Å². The zero-order chi connectivity index (χ0) is 14.0. The molecule has 1 saturated heterocycles. The molecule has 1 aromatic rings. The second kappa shape index (κ2) is 8.95. The lowest BCUT2D eigenvalue weighted by Gasteiger charge is -2.23. The van der Waals surface area contributed by atoms with E-state index >= 15 is 0 Å². The highest BCUT2D eigenvalue weighted by Crippen LogP contribution is 2.17. The molecule has 1 fully saturated rings. The fourth-order valence-electron chi connectivity index (χ4n) is 2.44. The van der Waals surface area contributed by atoms with Crippen molar-refractivity contribution in [3.8, 4) is 5.75 Å².